The van der Waals surface area contributed by atoms with Crippen LogP contribution < -0.4 is 24.8 Å². The summed E-state index contributed by atoms with van der Waals surface area (Å²) in [6.07, 6.45) is 2.14. The highest BCUT2D eigenvalue weighted by Crippen LogP contribution is 2.39. The van der Waals surface area contributed by atoms with Gasteiger partial charge in [0.15, 0.2) is 17.5 Å². The molecule has 0 spiro atoms. The van der Waals surface area contributed by atoms with Crippen LogP contribution in [0.25, 0.3) is 0 Å². The summed E-state index contributed by atoms with van der Waals surface area (Å²) in [5.41, 5.74) is 0.918. The van der Waals surface area contributed by atoms with Crippen LogP contribution in [0.1, 0.15) is 25.3 Å². The third-order valence-corrected chi connectivity index (χ3v) is 4.39. The second-order valence-electron chi connectivity index (χ2n) is 6.33. The Morgan fingerprint density at radius 2 is 1.93 bits per heavy atom. The van der Waals surface area contributed by atoms with Gasteiger partial charge in [-0.15, -0.1) is 24.0 Å². The van der Waals surface area contributed by atoms with Crippen LogP contribution in [0.3, 0.4) is 0 Å². The number of hydrogen-bond acceptors (Lipinski definition) is 6. The molecule has 0 aliphatic carbocycles. The Kier molecular flexibility index (Phi) is 12.8. The van der Waals surface area contributed by atoms with Gasteiger partial charge in [-0.2, -0.15) is 0 Å². The predicted octanol–water partition coefficient (Wildman–Crippen LogP) is 2.58. The van der Waals surface area contributed by atoms with Crippen LogP contribution >= 0.6 is 24.0 Å². The van der Waals surface area contributed by atoms with Crippen molar-refractivity contribution < 1.29 is 23.7 Å². The number of nitrogens with zero attached hydrogens (tertiary/aromatic N) is 1. The van der Waals surface area contributed by atoms with Crippen molar-refractivity contribution in [3.8, 4) is 17.2 Å². The first-order chi connectivity index (χ1) is 13.7. The van der Waals surface area contributed by atoms with E-state index in [2.05, 4.69) is 15.6 Å². The fraction of sp³-hybridized carbons (Fsp3) is 0.650. The molecule has 1 aromatic rings. The van der Waals surface area contributed by atoms with Crippen LogP contribution in [0.2, 0.25) is 0 Å². The van der Waals surface area contributed by atoms with Crippen molar-refractivity contribution >= 4 is 29.9 Å². The van der Waals surface area contributed by atoms with Crippen LogP contribution in [0.15, 0.2) is 17.1 Å². The molecule has 29 heavy (non-hydrogen) atoms. The molecular formula is C20H34IN3O5. The molecule has 0 saturated carbocycles. The topological polar surface area (TPSA) is 82.6 Å². The quantitative estimate of drug-likeness (QED) is 0.200. The van der Waals surface area contributed by atoms with E-state index in [1.807, 2.05) is 19.1 Å². The summed E-state index contributed by atoms with van der Waals surface area (Å²) in [7, 11) is 4.81. The molecule has 0 radical (unpaired) electrons. The van der Waals surface area contributed by atoms with Gasteiger partial charge in [-0.1, -0.05) is 0 Å². The summed E-state index contributed by atoms with van der Waals surface area (Å²) in [5, 5.41) is 6.59. The molecule has 1 aromatic carbocycles. The maximum Gasteiger partial charge on any atom is 0.203 e. The largest absolute Gasteiger partial charge is 0.493 e. The number of rotatable bonds is 11. The van der Waals surface area contributed by atoms with Crippen LogP contribution in [0.4, 0.5) is 0 Å². The summed E-state index contributed by atoms with van der Waals surface area (Å²) < 4.78 is 27.4. The van der Waals surface area contributed by atoms with Gasteiger partial charge in [0.1, 0.15) is 0 Å². The Morgan fingerprint density at radius 1 is 1.14 bits per heavy atom. The lowest BCUT2D eigenvalue weighted by Crippen LogP contribution is -2.38. The first-order valence-corrected chi connectivity index (χ1v) is 9.72. The monoisotopic (exact) mass is 523 g/mol. The van der Waals surface area contributed by atoms with E-state index in [0.29, 0.717) is 37.0 Å². The highest BCUT2D eigenvalue weighted by Gasteiger charge is 2.16. The number of hydrogen-bond donors (Lipinski definition) is 2. The molecule has 1 saturated heterocycles. The minimum absolute atomic E-state index is 0. The number of benzene rings is 1. The minimum atomic E-state index is 0. The van der Waals surface area contributed by atoms with E-state index in [1.165, 1.54) is 0 Å². The lowest BCUT2D eigenvalue weighted by atomic mass is 10.1. The number of ether oxygens (including phenoxy) is 5. The highest BCUT2D eigenvalue weighted by molar-refractivity contribution is 14.0. The van der Waals surface area contributed by atoms with Gasteiger partial charge >= 0.3 is 0 Å². The number of methoxy groups -OCH3 is 3. The maximum atomic E-state index is 5.78. The summed E-state index contributed by atoms with van der Waals surface area (Å²) >= 11 is 0. The van der Waals surface area contributed by atoms with Crippen molar-refractivity contribution in [2.45, 2.75) is 32.4 Å². The summed E-state index contributed by atoms with van der Waals surface area (Å²) in [6.45, 7) is 6.29. The molecular weight excluding hydrogens is 489 g/mol. The predicted molar refractivity (Wildman–Crippen MR) is 124 cm³/mol. The van der Waals surface area contributed by atoms with E-state index in [0.717, 1.165) is 44.1 Å². The summed E-state index contributed by atoms with van der Waals surface area (Å²) in [4.78, 5) is 4.66. The molecule has 2 rings (SSSR count). The van der Waals surface area contributed by atoms with Gasteiger partial charge in [-0.3, -0.25) is 0 Å². The average molecular weight is 523 g/mol. The molecule has 166 valence electrons. The van der Waals surface area contributed by atoms with Gasteiger partial charge < -0.3 is 34.3 Å². The fourth-order valence-electron chi connectivity index (χ4n) is 2.97. The first-order valence-electron chi connectivity index (χ1n) is 9.72. The second-order valence-corrected chi connectivity index (χ2v) is 6.33. The van der Waals surface area contributed by atoms with Gasteiger partial charge in [-0.25, -0.2) is 4.99 Å². The van der Waals surface area contributed by atoms with Gasteiger partial charge in [0.25, 0.3) is 0 Å². The Bertz CT molecular complexity index is 624. The van der Waals surface area contributed by atoms with Crippen molar-refractivity contribution in [2.24, 2.45) is 4.99 Å². The fourth-order valence-corrected chi connectivity index (χ4v) is 2.97. The van der Waals surface area contributed by atoms with Gasteiger partial charge in [0.2, 0.25) is 5.75 Å². The normalized spacial score (nSPS) is 16.1. The van der Waals surface area contributed by atoms with Crippen LogP contribution in [0.5, 0.6) is 17.2 Å². The first kappa shape index (κ1) is 25.6. The minimum Gasteiger partial charge on any atom is -0.493 e. The molecule has 0 amide bonds. The van der Waals surface area contributed by atoms with Gasteiger partial charge in [-0.05, 0) is 31.9 Å². The molecule has 1 unspecified atom stereocenters. The van der Waals surface area contributed by atoms with Crippen molar-refractivity contribution in [2.75, 3.05) is 54.2 Å². The van der Waals surface area contributed by atoms with Crippen molar-refractivity contribution in [1.82, 2.24) is 10.6 Å². The lowest BCUT2D eigenvalue weighted by Gasteiger charge is -2.16. The van der Waals surface area contributed by atoms with Crippen LogP contribution in [-0.2, 0) is 16.0 Å². The SMILES string of the molecule is CCNC(=NCc1ccc(OC)c(OC)c1OC)NCCCOC1CCOC1.I. The summed E-state index contributed by atoms with van der Waals surface area (Å²) in [6, 6.07) is 3.79. The molecule has 8 nitrogen and oxygen atoms in total. The lowest BCUT2D eigenvalue weighted by molar-refractivity contribution is 0.0420. The molecule has 1 aliphatic heterocycles. The third kappa shape index (κ3) is 8.06. The highest BCUT2D eigenvalue weighted by atomic mass is 127. The molecule has 1 fully saturated rings. The Hall–Kier alpha value is -1.46. The van der Waals surface area contributed by atoms with E-state index in [4.69, 9.17) is 23.7 Å². The smallest absolute Gasteiger partial charge is 0.203 e. The van der Waals surface area contributed by atoms with Gasteiger partial charge in [0.05, 0.1) is 40.6 Å². The maximum absolute atomic E-state index is 5.78. The van der Waals surface area contributed by atoms with Crippen molar-refractivity contribution in [3.63, 3.8) is 0 Å². The average Bonchev–Trinajstić information content (AvgIpc) is 3.24. The number of aliphatic imine (C=N–C) groups is 1. The molecule has 0 aromatic heterocycles. The van der Waals surface area contributed by atoms with E-state index in [1.54, 1.807) is 21.3 Å². The zero-order valence-electron chi connectivity index (χ0n) is 17.8. The third-order valence-electron chi connectivity index (χ3n) is 4.39. The molecule has 0 bridgehead atoms. The van der Waals surface area contributed by atoms with E-state index in [9.17, 15) is 0 Å². The van der Waals surface area contributed by atoms with Crippen LogP contribution in [-0.4, -0.2) is 66.3 Å². The Morgan fingerprint density at radius 3 is 2.55 bits per heavy atom. The molecule has 1 heterocycles. The van der Waals surface area contributed by atoms with E-state index >= 15 is 0 Å². The molecule has 1 atom stereocenters. The standard InChI is InChI=1S/C20H33N3O5.HI/c1-5-21-20(22-10-6-11-28-16-9-12-27-14-16)23-13-15-7-8-17(24-2)19(26-4)18(15)25-3;/h7-8,16H,5-6,9-14H2,1-4H3,(H2,21,22,23);1H. The zero-order chi connectivity index (χ0) is 20.2. The number of halogens is 1. The Balaban J connectivity index is 0.00000420. The molecule has 1 aliphatic rings. The molecule has 9 heteroatoms. The van der Waals surface area contributed by atoms with Crippen molar-refractivity contribution in [1.29, 1.82) is 0 Å². The van der Waals surface area contributed by atoms with E-state index < -0.39 is 0 Å². The van der Waals surface area contributed by atoms with E-state index in [-0.39, 0.29) is 30.1 Å². The van der Waals surface area contributed by atoms with Crippen molar-refractivity contribution in [3.05, 3.63) is 17.7 Å². The number of nitrogens with one attached hydrogen (secondary N) is 2. The second kappa shape index (κ2) is 14.5. The number of guanidine groups is 1. The van der Waals surface area contributed by atoms with Gasteiger partial charge in [0, 0.05) is 31.9 Å². The molecule has 2 N–H and O–H groups in total. The Labute approximate surface area is 190 Å². The zero-order valence-corrected chi connectivity index (χ0v) is 20.1. The summed E-state index contributed by atoms with van der Waals surface area (Å²) in [5.74, 6) is 2.59. The van der Waals surface area contributed by atoms with Crippen LogP contribution in [0, 0.1) is 0 Å².